The van der Waals surface area contributed by atoms with Gasteiger partial charge in [0.05, 0.1) is 5.60 Å². The molecular weight excluding hydrogens is 368 g/mol. The van der Waals surface area contributed by atoms with Crippen LogP contribution >= 0.6 is 0 Å². The lowest BCUT2D eigenvalue weighted by molar-refractivity contribution is -0.0721. The minimum atomic E-state index is 0.0216. The molecule has 1 unspecified atom stereocenters. The van der Waals surface area contributed by atoms with Gasteiger partial charge < -0.3 is 4.74 Å². The average Bonchev–Trinajstić information content (AvgIpc) is 2.73. The Balaban J connectivity index is 1.35. The average molecular weight is 405 g/mol. The summed E-state index contributed by atoms with van der Waals surface area (Å²) in [4.78, 5) is 12.7. The van der Waals surface area contributed by atoms with Crippen LogP contribution in [0, 0.1) is 11.8 Å². The second-order valence-electron chi connectivity index (χ2n) is 10.1. The van der Waals surface area contributed by atoms with Gasteiger partial charge in [-0.2, -0.15) is 0 Å². The number of carbonyl (C=O) groups is 1. The fraction of sp³-hybridized carbons (Fsp3) is 0.536. The predicted octanol–water partition coefficient (Wildman–Crippen LogP) is 6.37. The number of fused-ring (bicyclic) bond motifs is 1. The molecule has 30 heavy (non-hydrogen) atoms. The van der Waals surface area contributed by atoms with Crippen LogP contribution in [0.3, 0.4) is 0 Å². The molecule has 2 nitrogen and oxygen atoms in total. The van der Waals surface area contributed by atoms with Crippen LogP contribution < -0.4 is 0 Å². The maximum Gasteiger partial charge on any atom is 0.163 e. The number of aryl methyl sites for hydroxylation is 2. The number of benzene rings is 2. The first-order valence-corrected chi connectivity index (χ1v) is 11.8. The normalized spacial score (nSPS) is 23.0. The highest BCUT2D eigenvalue weighted by Crippen LogP contribution is 2.33. The third-order valence-corrected chi connectivity index (χ3v) is 7.08. The Bertz CT molecular complexity index is 878. The van der Waals surface area contributed by atoms with E-state index in [0.29, 0.717) is 18.1 Å². The van der Waals surface area contributed by atoms with E-state index in [1.807, 2.05) is 12.1 Å². The predicted molar refractivity (Wildman–Crippen MR) is 123 cm³/mol. The summed E-state index contributed by atoms with van der Waals surface area (Å²) in [6, 6.07) is 15.3. The quantitative estimate of drug-likeness (QED) is 0.523. The molecule has 2 heteroatoms. The van der Waals surface area contributed by atoms with Gasteiger partial charge in [0, 0.05) is 18.6 Å². The van der Waals surface area contributed by atoms with Crippen molar-refractivity contribution in [1.82, 2.24) is 0 Å². The van der Waals surface area contributed by atoms with Gasteiger partial charge in [0.15, 0.2) is 5.78 Å². The van der Waals surface area contributed by atoms with Crippen molar-refractivity contribution < 1.29 is 9.53 Å². The summed E-state index contributed by atoms with van der Waals surface area (Å²) < 4.78 is 5.88. The van der Waals surface area contributed by atoms with Crippen molar-refractivity contribution in [3.63, 3.8) is 0 Å². The van der Waals surface area contributed by atoms with E-state index in [2.05, 4.69) is 51.1 Å². The Morgan fingerprint density at radius 2 is 1.77 bits per heavy atom. The van der Waals surface area contributed by atoms with Crippen LogP contribution in [-0.2, 0) is 30.4 Å². The van der Waals surface area contributed by atoms with E-state index in [-0.39, 0.29) is 5.60 Å². The molecule has 0 aromatic heterocycles. The molecule has 160 valence electrons. The summed E-state index contributed by atoms with van der Waals surface area (Å²) in [5.41, 5.74) is 6.62. The number of carbonyl (C=O) groups excluding carboxylic acids is 1. The maximum absolute atomic E-state index is 12.7. The highest BCUT2D eigenvalue weighted by Gasteiger charge is 2.29. The summed E-state index contributed by atoms with van der Waals surface area (Å²) in [5.74, 6) is 1.49. The first-order chi connectivity index (χ1) is 14.4. The fourth-order valence-electron chi connectivity index (χ4n) is 5.36. The van der Waals surface area contributed by atoms with E-state index >= 15 is 0 Å². The number of hydrogen-bond donors (Lipinski definition) is 0. The van der Waals surface area contributed by atoms with E-state index in [4.69, 9.17) is 4.74 Å². The van der Waals surface area contributed by atoms with Crippen molar-refractivity contribution in [2.45, 2.75) is 77.7 Å². The molecule has 0 radical (unpaired) electrons. The molecule has 1 fully saturated rings. The monoisotopic (exact) mass is 404 g/mol. The van der Waals surface area contributed by atoms with Gasteiger partial charge in [0.1, 0.15) is 0 Å². The van der Waals surface area contributed by atoms with Gasteiger partial charge >= 0.3 is 0 Å². The lowest BCUT2D eigenvalue weighted by atomic mass is 9.79. The van der Waals surface area contributed by atoms with Crippen molar-refractivity contribution in [3.05, 3.63) is 70.3 Å². The molecule has 0 amide bonds. The number of ketones is 1. The van der Waals surface area contributed by atoms with Crippen molar-refractivity contribution in [3.8, 4) is 0 Å². The summed E-state index contributed by atoms with van der Waals surface area (Å²) in [5, 5.41) is 0. The summed E-state index contributed by atoms with van der Waals surface area (Å²) in [7, 11) is 0. The largest absolute Gasteiger partial charge is 0.376 e. The van der Waals surface area contributed by atoms with E-state index in [1.165, 1.54) is 28.7 Å². The summed E-state index contributed by atoms with van der Waals surface area (Å²) in [6.07, 6.45) is 8.44. The second kappa shape index (κ2) is 9.06. The molecule has 0 spiro atoms. The van der Waals surface area contributed by atoms with Crippen LogP contribution in [0.25, 0.3) is 0 Å². The summed E-state index contributed by atoms with van der Waals surface area (Å²) in [6.45, 7) is 7.46. The molecule has 2 aromatic carbocycles. The maximum atomic E-state index is 12.7. The van der Waals surface area contributed by atoms with Gasteiger partial charge in [0.25, 0.3) is 0 Å². The number of Topliss-reactive ketones (excluding diaryl/α,β-unsaturated/α-hetero) is 1. The molecule has 1 aliphatic carbocycles. The fourth-order valence-corrected chi connectivity index (χ4v) is 5.36. The van der Waals surface area contributed by atoms with Crippen LogP contribution in [0.5, 0.6) is 0 Å². The number of rotatable bonds is 6. The molecule has 0 bridgehead atoms. The topological polar surface area (TPSA) is 26.3 Å². The molecular formula is C28H36O2. The Morgan fingerprint density at radius 1 is 1.00 bits per heavy atom. The van der Waals surface area contributed by atoms with Gasteiger partial charge in [-0.15, -0.1) is 0 Å². The van der Waals surface area contributed by atoms with Gasteiger partial charge in [-0.05, 0) is 92.9 Å². The van der Waals surface area contributed by atoms with E-state index in [1.54, 1.807) is 0 Å². The smallest absolute Gasteiger partial charge is 0.163 e. The van der Waals surface area contributed by atoms with Gasteiger partial charge in [-0.3, -0.25) is 4.79 Å². The van der Waals surface area contributed by atoms with Gasteiger partial charge in [-0.1, -0.05) is 49.4 Å². The highest BCUT2D eigenvalue weighted by atomic mass is 16.5. The lowest BCUT2D eigenvalue weighted by Gasteiger charge is -2.35. The molecule has 2 aromatic rings. The van der Waals surface area contributed by atoms with Crippen molar-refractivity contribution in [1.29, 1.82) is 0 Å². The molecule has 0 N–H and O–H groups in total. The minimum absolute atomic E-state index is 0.0216. The van der Waals surface area contributed by atoms with Crippen molar-refractivity contribution in [2.24, 2.45) is 11.8 Å². The van der Waals surface area contributed by atoms with Crippen LogP contribution in [0.4, 0.5) is 0 Å². The zero-order chi connectivity index (χ0) is 21.1. The Labute approximate surface area is 182 Å². The van der Waals surface area contributed by atoms with Crippen molar-refractivity contribution >= 4 is 5.78 Å². The molecule has 0 saturated carbocycles. The van der Waals surface area contributed by atoms with Crippen molar-refractivity contribution in [2.75, 3.05) is 6.61 Å². The van der Waals surface area contributed by atoms with E-state index < -0.39 is 0 Å². The van der Waals surface area contributed by atoms with E-state index in [9.17, 15) is 4.79 Å². The number of ether oxygens (including phenoxy) is 1. The van der Waals surface area contributed by atoms with E-state index in [0.717, 1.165) is 56.6 Å². The Kier molecular flexibility index (Phi) is 6.43. The van der Waals surface area contributed by atoms with Gasteiger partial charge in [0.2, 0.25) is 0 Å². The molecule has 1 saturated heterocycles. The zero-order valence-corrected chi connectivity index (χ0v) is 18.9. The molecule has 2 atom stereocenters. The first-order valence-electron chi connectivity index (χ1n) is 11.8. The first kappa shape index (κ1) is 21.3. The van der Waals surface area contributed by atoms with Crippen LogP contribution in [0.1, 0.15) is 79.1 Å². The van der Waals surface area contributed by atoms with Crippen LogP contribution in [0.15, 0.2) is 42.5 Å². The number of hydrogen-bond acceptors (Lipinski definition) is 2. The zero-order valence-electron chi connectivity index (χ0n) is 18.9. The van der Waals surface area contributed by atoms with Crippen LogP contribution in [0.2, 0.25) is 0 Å². The third-order valence-electron chi connectivity index (χ3n) is 7.08. The molecule has 1 heterocycles. The molecule has 4 rings (SSSR count). The minimum Gasteiger partial charge on any atom is -0.376 e. The lowest BCUT2D eigenvalue weighted by Crippen LogP contribution is -2.34. The molecule has 2 aliphatic rings. The standard InChI is InChI=1S/C28H36O2/c1-4-20-5-9-24(10-6-20)27(29)18-22-8-12-25-16-21(7-11-26(25)17-22)15-23-13-14-30-28(2,3)19-23/h5-7,9-11,16,22-23H,4,8,12-15,17-19H2,1-3H3/t22-,23?/m0/s1. The Morgan fingerprint density at radius 3 is 2.50 bits per heavy atom. The Hall–Kier alpha value is -1.93. The van der Waals surface area contributed by atoms with Gasteiger partial charge in [-0.25, -0.2) is 0 Å². The highest BCUT2D eigenvalue weighted by molar-refractivity contribution is 5.96. The SMILES string of the molecule is CCc1ccc(C(=O)C[C@H]2CCc3cc(CC4CCOC(C)(C)C4)ccc3C2)cc1. The third kappa shape index (κ3) is 5.21. The van der Waals surface area contributed by atoms with Crippen LogP contribution in [-0.4, -0.2) is 18.0 Å². The molecule has 1 aliphatic heterocycles. The summed E-state index contributed by atoms with van der Waals surface area (Å²) >= 11 is 0. The second-order valence-corrected chi connectivity index (χ2v) is 10.1.